The van der Waals surface area contributed by atoms with Gasteiger partial charge in [0.15, 0.2) is 0 Å². The van der Waals surface area contributed by atoms with Crippen molar-refractivity contribution < 1.29 is 22.9 Å². The minimum Gasteiger partial charge on any atom is -0.481 e. The lowest BCUT2D eigenvalue weighted by molar-refractivity contribution is -0.137. The Morgan fingerprint density at radius 2 is 1.95 bits per heavy atom. The fraction of sp³-hybridized carbons (Fsp3) is 0.300. The standard InChI is InChI=1S/C10H12Cl2N2O5S/c1-5(2-10(15)16)13-14-8-3-7(12)9(4-6(8)11)20(17,18)19/h3-5,13-14H,2H2,1H3,(H,15,16)(H,17,18,19). The number of hydrazine groups is 1. The van der Waals surface area contributed by atoms with Gasteiger partial charge in [0.25, 0.3) is 10.1 Å². The van der Waals surface area contributed by atoms with E-state index in [1.165, 1.54) is 6.07 Å². The SMILES string of the molecule is CC(CC(=O)O)NNc1cc(Cl)c(S(=O)(=O)O)cc1Cl. The van der Waals surface area contributed by atoms with Crippen molar-refractivity contribution in [2.24, 2.45) is 0 Å². The summed E-state index contributed by atoms with van der Waals surface area (Å²) in [5, 5.41) is 8.38. The third-order valence-electron chi connectivity index (χ3n) is 2.23. The summed E-state index contributed by atoms with van der Waals surface area (Å²) in [6.45, 7) is 1.63. The summed E-state index contributed by atoms with van der Waals surface area (Å²) in [5.41, 5.74) is 5.55. The molecular formula is C10H12Cl2N2O5S. The smallest absolute Gasteiger partial charge is 0.304 e. The Labute approximate surface area is 125 Å². The first kappa shape index (κ1) is 17.0. The molecule has 1 aromatic rings. The van der Waals surface area contributed by atoms with E-state index in [1.54, 1.807) is 6.92 Å². The molecule has 10 heteroatoms. The Morgan fingerprint density at radius 3 is 2.45 bits per heavy atom. The first-order valence-corrected chi connectivity index (χ1v) is 7.50. The normalized spacial score (nSPS) is 13.0. The number of carbonyl (C=O) groups is 1. The zero-order chi connectivity index (χ0) is 15.5. The lowest BCUT2D eigenvalue weighted by Gasteiger charge is -2.15. The van der Waals surface area contributed by atoms with Gasteiger partial charge in [-0.3, -0.25) is 9.35 Å². The van der Waals surface area contributed by atoms with Crippen molar-refractivity contribution in [3.05, 3.63) is 22.2 Å². The van der Waals surface area contributed by atoms with Crippen LogP contribution in [0.25, 0.3) is 0 Å². The van der Waals surface area contributed by atoms with E-state index in [-0.39, 0.29) is 22.2 Å². The van der Waals surface area contributed by atoms with Gasteiger partial charge in [-0.15, -0.1) is 0 Å². The summed E-state index contributed by atoms with van der Waals surface area (Å²) in [4.78, 5) is 9.98. The lowest BCUT2D eigenvalue weighted by atomic mass is 10.2. The van der Waals surface area contributed by atoms with E-state index < -0.39 is 27.0 Å². The van der Waals surface area contributed by atoms with Crippen LogP contribution in [0.4, 0.5) is 5.69 Å². The maximum atomic E-state index is 11.0. The molecule has 0 fully saturated rings. The molecule has 4 N–H and O–H groups in total. The monoisotopic (exact) mass is 342 g/mol. The van der Waals surface area contributed by atoms with Gasteiger partial charge in [0.05, 0.1) is 22.2 Å². The Bertz CT molecular complexity index is 620. The quantitative estimate of drug-likeness (QED) is 0.461. The maximum Gasteiger partial charge on any atom is 0.304 e. The number of nitrogens with one attached hydrogen (secondary N) is 2. The highest BCUT2D eigenvalue weighted by molar-refractivity contribution is 7.86. The van der Waals surface area contributed by atoms with Gasteiger partial charge in [0.1, 0.15) is 4.90 Å². The van der Waals surface area contributed by atoms with Crippen molar-refractivity contribution in [2.75, 3.05) is 5.43 Å². The summed E-state index contributed by atoms with van der Waals surface area (Å²) >= 11 is 11.6. The van der Waals surface area contributed by atoms with Gasteiger partial charge in [0.2, 0.25) is 0 Å². The van der Waals surface area contributed by atoms with Crippen LogP contribution in [0.2, 0.25) is 10.0 Å². The van der Waals surface area contributed by atoms with Gasteiger partial charge in [0, 0.05) is 6.04 Å². The Kier molecular flexibility index (Phi) is 5.60. The molecular weight excluding hydrogens is 331 g/mol. The predicted octanol–water partition coefficient (Wildman–Crippen LogP) is 2.02. The van der Waals surface area contributed by atoms with Crippen LogP contribution in [0.1, 0.15) is 13.3 Å². The Hall–Kier alpha value is -1.06. The summed E-state index contributed by atoms with van der Waals surface area (Å²) in [5.74, 6) is -0.974. The summed E-state index contributed by atoms with van der Waals surface area (Å²) < 4.78 is 31.0. The molecule has 7 nitrogen and oxygen atoms in total. The summed E-state index contributed by atoms with van der Waals surface area (Å²) in [7, 11) is -4.46. The second-order valence-electron chi connectivity index (χ2n) is 4.01. The molecule has 1 rings (SSSR count). The van der Waals surface area contributed by atoms with Crippen LogP contribution in [0.5, 0.6) is 0 Å². The number of halogens is 2. The van der Waals surface area contributed by atoms with Crippen LogP contribution < -0.4 is 10.9 Å². The van der Waals surface area contributed by atoms with E-state index >= 15 is 0 Å². The number of aliphatic carboxylic acids is 1. The Morgan fingerprint density at radius 1 is 1.35 bits per heavy atom. The van der Waals surface area contributed by atoms with Crippen molar-refractivity contribution in [2.45, 2.75) is 24.3 Å². The maximum absolute atomic E-state index is 11.0. The van der Waals surface area contributed by atoms with Crippen LogP contribution in [0, 0.1) is 0 Å². The molecule has 0 spiro atoms. The van der Waals surface area contributed by atoms with E-state index in [1.807, 2.05) is 0 Å². The molecule has 0 aromatic heterocycles. The molecule has 1 aromatic carbocycles. The minimum absolute atomic E-state index is 0.00273. The average Bonchev–Trinajstić information content (AvgIpc) is 2.27. The third kappa shape index (κ3) is 4.80. The lowest BCUT2D eigenvalue weighted by Crippen LogP contribution is -2.33. The van der Waals surface area contributed by atoms with E-state index in [2.05, 4.69) is 10.9 Å². The third-order valence-corrected chi connectivity index (χ3v) is 3.86. The average molecular weight is 343 g/mol. The van der Waals surface area contributed by atoms with Crippen molar-refractivity contribution >= 4 is 45.0 Å². The molecule has 1 atom stereocenters. The summed E-state index contributed by atoms with van der Waals surface area (Å²) in [6, 6.07) is 1.79. The first-order valence-electron chi connectivity index (χ1n) is 5.31. The van der Waals surface area contributed by atoms with E-state index in [9.17, 15) is 13.2 Å². The molecule has 20 heavy (non-hydrogen) atoms. The molecule has 0 saturated heterocycles. The van der Waals surface area contributed by atoms with Gasteiger partial charge in [-0.05, 0) is 19.1 Å². The van der Waals surface area contributed by atoms with Gasteiger partial charge < -0.3 is 10.5 Å². The Balaban J connectivity index is 2.88. The summed E-state index contributed by atoms with van der Waals surface area (Å²) in [6.07, 6.45) is -0.124. The number of anilines is 1. The van der Waals surface area contributed by atoms with Crippen LogP contribution >= 0.6 is 23.2 Å². The number of rotatable bonds is 6. The number of carboxylic acid groups (broad SMARTS) is 1. The molecule has 0 aliphatic carbocycles. The topological polar surface area (TPSA) is 116 Å². The molecule has 112 valence electrons. The van der Waals surface area contributed by atoms with Crippen molar-refractivity contribution in [1.82, 2.24) is 5.43 Å². The fourth-order valence-electron chi connectivity index (χ4n) is 1.34. The highest BCUT2D eigenvalue weighted by atomic mass is 35.5. The second kappa shape index (κ2) is 6.59. The number of hydrogen-bond donors (Lipinski definition) is 4. The highest BCUT2D eigenvalue weighted by Crippen LogP contribution is 2.31. The molecule has 0 aliphatic rings. The first-order chi connectivity index (χ1) is 9.11. The largest absolute Gasteiger partial charge is 0.481 e. The molecule has 0 aliphatic heterocycles. The van der Waals surface area contributed by atoms with Crippen molar-refractivity contribution in [3.63, 3.8) is 0 Å². The molecule has 0 amide bonds. The molecule has 0 heterocycles. The van der Waals surface area contributed by atoms with Gasteiger partial charge in [-0.2, -0.15) is 8.42 Å². The van der Waals surface area contributed by atoms with Crippen LogP contribution in [-0.4, -0.2) is 30.1 Å². The van der Waals surface area contributed by atoms with E-state index in [4.69, 9.17) is 32.9 Å². The predicted molar refractivity (Wildman–Crippen MR) is 74.7 cm³/mol. The fourth-order valence-corrected chi connectivity index (χ4v) is 2.64. The van der Waals surface area contributed by atoms with Crippen molar-refractivity contribution in [3.8, 4) is 0 Å². The van der Waals surface area contributed by atoms with Crippen molar-refractivity contribution in [1.29, 1.82) is 0 Å². The van der Waals surface area contributed by atoms with Gasteiger partial charge in [-0.1, -0.05) is 23.2 Å². The number of hydrogen-bond acceptors (Lipinski definition) is 5. The molecule has 0 bridgehead atoms. The van der Waals surface area contributed by atoms with Crippen LogP contribution in [-0.2, 0) is 14.9 Å². The minimum atomic E-state index is -4.46. The molecule has 1 unspecified atom stereocenters. The molecule has 0 radical (unpaired) electrons. The zero-order valence-corrected chi connectivity index (χ0v) is 12.6. The van der Waals surface area contributed by atoms with Gasteiger partial charge >= 0.3 is 5.97 Å². The van der Waals surface area contributed by atoms with Gasteiger partial charge in [-0.25, -0.2) is 5.43 Å². The van der Waals surface area contributed by atoms with E-state index in [0.717, 1.165) is 6.07 Å². The highest BCUT2D eigenvalue weighted by Gasteiger charge is 2.17. The zero-order valence-electron chi connectivity index (χ0n) is 10.2. The number of benzene rings is 1. The second-order valence-corrected chi connectivity index (χ2v) is 6.21. The van der Waals surface area contributed by atoms with Crippen LogP contribution in [0.15, 0.2) is 17.0 Å². The van der Waals surface area contributed by atoms with E-state index in [0.29, 0.717) is 0 Å². The number of carboxylic acids is 1. The van der Waals surface area contributed by atoms with Crippen LogP contribution in [0.3, 0.4) is 0 Å². The molecule has 0 saturated carbocycles.